The smallest absolute Gasteiger partial charge is 0.163 e. The van der Waals surface area contributed by atoms with Crippen LogP contribution in [0.25, 0.3) is 0 Å². The van der Waals surface area contributed by atoms with E-state index in [9.17, 15) is 10.2 Å². The van der Waals surface area contributed by atoms with Crippen molar-refractivity contribution in [2.45, 2.75) is 63.1 Å². The number of aliphatic hydroxyl groups is 2. The highest BCUT2D eigenvalue weighted by atomic mass is 16.8. The first-order chi connectivity index (χ1) is 12.9. The fourth-order valence-electron chi connectivity index (χ4n) is 4.09. The lowest BCUT2D eigenvalue weighted by molar-refractivity contribution is -0.164. The minimum Gasteiger partial charge on any atom is -0.394 e. The van der Waals surface area contributed by atoms with E-state index < -0.39 is 24.1 Å². The molecule has 3 rings (SSSR count). The number of hydrogen-bond acceptors (Lipinski definition) is 7. The van der Waals surface area contributed by atoms with E-state index in [2.05, 4.69) is 17.0 Å². The standard InChI is InChI=1S/C20H31NO6/c1-20(2)26-18(15(23)12-22)19(27-20)17-16(25-13-24-3)9-10-21(17)11-14-7-5-4-6-8-14/h4-8,15-19,22-23H,9-13H2,1-3H3. The second kappa shape index (κ2) is 8.96. The molecular formula is C20H31NO6. The monoisotopic (exact) mass is 381 g/mol. The van der Waals surface area contributed by atoms with Gasteiger partial charge in [-0.2, -0.15) is 0 Å². The number of rotatable bonds is 8. The Hall–Kier alpha value is -1.06. The number of nitrogens with zero attached hydrogens (tertiary/aromatic N) is 1. The number of aliphatic hydroxyl groups excluding tert-OH is 2. The van der Waals surface area contributed by atoms with Crippen molar-refractivity contribution in [3.05, 3.63) is 35.9 Å². The minimum atomic E-state index is -1.01. The molecule has 0 radical (unpaired) electrons. The Balaban J connectivity index is 1.84. The van der Waals surface area contributed by atoms with Crippen LogP contribution in [-0.2, 0) is 25.5 Å². The summed E-state index contributed by atoms with van der Waals surface area (Å²) in [6.45, 7) is 5.06. The van der Waals surface area contributed by atoms with Gasteiger partial charge in [0.25, 0.3) is 0 Å². The van der Waals surface area contributed by atoms with Crippen LogP contribution < -0.4 is 0 Å². The quantitative estimate of drug-likeness (QED) is 0.653. The molecule has 2 heterocycles. The molecule has 1 aromatic rings. The van der Waals surface area contributed by atoms with Gasteiger partial charge in [0, 0.05) is 20.2 Å². The lowest BCUT2D eigenvalue weighted by atomic mass is 9.97. The molecule has 0 amide bonds. The number of benzene rings is 1. The topological polar surface area (TPSA) is 80.6 Å². The summed E-state index contributed by atoms with van der Waals surface area (Å²) in [5.41, 5.74) is 1.20. The normalized spacial score (nSPS) is 32.0. The average molecular weight is 381 g/mol. The van der Waals surface area contributed by atoms with E-state index >= 15 is 0 Å². The third-order valence-corrected chi connectivity index (χ3v) is 5.20. The molecule has 7 nitrogen and oxygen atoms in total. The first-order valence-corrected chi connectivity index (χ1v) is 9.48. The molecular weight excluding hydrogens is 350 g/mol. The molecule has 2 saturated heterocycles. The lowest BCUT2D eigenvalue weighted by Crippen LogP contribution is -2.52. The summed E-state index contributed by atoms with van der Waals surface area (Å²) >= 11 is 0. The van der Waals surface area contributed by atoms with Gasteiger partial charge in [-0.1, -0.05) is 30.3 Å². The van der Waals surface area contributed by atoms with E-state index in [1.807, 2.05) is 32.0 Å². The van der Waals surface area contributed by atoms with Crippen molar-refractivity contribution in [1.29, 1.82) is 0 Å². The zero-order chi connectivity index (χ0) is 19.4. The van der Waals surface area contributed by atoms with Gasteiger partial charge in [0.15, 0.2) is 5.79 Å². The Bertz CT molecular complexity index is 583. The maximum Gasteiger partial charge on any atom is 0.163 e. The van der Waals surface area contributed by atoms with Crippen LogP contribution >= 0.6 is 0 Å². The molecule has 27 heavy (non-hydrogen) atoms. The molecule has 2 N–H and O–H groups in total. The zero-order valence-electron chi connectivity index (χ0n) is 16.3. The Morgan fingerprint density at radius 3 is 2.67 bits per heavy atom. The van der Waals surface area contributed by atoms with Crippen LogP contribution in [0.4, 0.5) is 0 Å². The Labute approximate surface area is 160 Å². The average Bonchev–Trinajstić information content (AvgIpc) is 3.19. The molecule has 2 aliphatic heterocycles. The molecule has 2 aliphatic rings. The van der Waals surface area contributed by atoms with Gasteiger partial charge < -0.3 is 29.2 Å². The number of likely N-dealkylation sites (tertiary alicyclic amines) is 1. The van der Waals surface area contributed by atoms with Crippen molar-refractivity contribution in [1.82, 2.24) is 4.90 Å². The first-order valence-electron chi connectivity index (χ1n) is 9.48. The molecule has 5 unspecified atom stereocenters. The van der Waals surface area contributed by atoms with Gasteiger partial charge in [-0.25, -0.2) is 0 Å². The predicted octanol–water partition coefficient (Wildman–Crippen LogP) is 1.12. The molecule has 0 saturated carbocycles. The van der Waals surface area contributed by atoms with Crippen LogP contribution in [0.3, 0.4) is 0 Å². The van der Waals surface area contributed by atoms with Gasteiger partial charge in [-0.05, 0) is 25.8 Å². The fraction of sp³-hybridized carbons (Fsp3) is 0.700. The Kier molecular flexibility index (Phi) is 6.86. The van der Waals surface area contributed by atoms with Crippen LogP contribution in [0.15, 0.2) is 30.3 Å². The number of hydrogen-bond donors (Lipinski definition) is 2. The van der Waals surface area contributed by atoms with Crippen LogP contribution in [0.2, 0.25) is 0 Å². The van der Waals surface area contributed by atoms with E-state index in [0.717, 1.165) is 19.5 Å². The van der Waals surface area contributed by atoms with E-state index in [1.165, 1.54) is 5.56 Å². The number of ether oxygens (including phenoxy) is 4. The van der Waals surface area contributed by atoms with Crippen molar-refractivity contribution in [3.63, 3.8) is 0 Å². The molecule has 2 fully saturated rings. The molecule has 0 bridgehead atoms. The van der Waals surface area contributed by atoms with Crippen LogP contribution in [0.1, 0.15) is 25.8 Å². The summed E-state index contributed by atoms with van der Waals surface area (Å²) in [6.07, 6.45) is -1.33. The van der Waals surface area contributed by atoms with Crippen molar-refractivity contribution in [2.75, 3.05) is 27.1 Å². The first kappa shape index (κ1) is 20.7. The van der Waals surface area contributed by atoms with Gasteiger partial charge >= 0.3 is 0 Å². The SMILES string of the molecule is COCOC1CCN(Cc2ccccc2)C1C1OC(C)(C)OC1C(O)CO. The van der Waals surface area contributed by atoms with Crippen molar-refractivity contribution < 1.29 is 29.2 Å². The Morgan fingerprint density at radius 2 is 2.00 bits per heavy atom. The summed E-state index contributed by atoms with van der Waals surface area (Å²) in [6, 6.07) is 10.1. The summed E-state index contributed by atoms with van der Waals surface area (Å²) < 4.78 is 23.2. The van der Waals surface area contributed by atoms with Gasteiger partial charge in [0.05, 0.1) is 18.8 Å². The van der Waals surface area contributed by atoms with Gasteiger partial charge in [-0.15, -0.1) is 0 Å². The molecule has 0 spiro atoms. The Morgan fingerprint density at radius 1 is 1.26 bits per heavy atom. The third-order valence-electron chi connectivity index (χ3n) is 5.20. The summed E-state index contributed by atoms with van der Waals surface area (Å²) in [4.78, 5) is 2.31. The van der Waals surface area contributed by atoms with Crippen molar-refractivity contribution in [2.24, 2.45) is 0 Å². The second-order valence-electron chi connectivity index (χ2n) is 7.66. The maximum absolute atomic E-state index is 10.3. The largest absolute Gasteiger partial charge is 0.394 e. The zero-order valence-corrected chi connectivity index (χ0v) is 16.3. The summed E-state index contributed by atoms with van der Waals surface area (Å²) in [7, 11) is 1.60. The molecule has 0 aliphatic carbocycles. The van der Waals surface area contributed by atoms with E-state index in [1.54, 1.807) is 7.11 Å². The van der Waals surface area contributed by atoms with Crippen molar-refractivity contribution >= 4 is 0 Å². The molecule has 5 atom stereocenters. The summed E-state index contributed by atoms with van der Waals surface area (Å²) in [5, 5.41) is 19.8. The highest BCUT2D eigenvalue weighted by molar-refractivity contribution is 5.15. The highest BCUT2D eigenvalue weighted by Gasteiger charge is 2.53. The predicted molar refractivity (Wildman–Crippen MR) is 98.9 cm³/mol. The summed E-state index contributed by atoms with van der Waals surface area (Å²) in [5.74, 6) is -0.835. The molecule has 152 valence electrons. The molecule has 7 heteroatoms. The van der Waals surface area contributed by atoms with Gasteiger partial charge in [-0.3, -0.25) is 4.90 Å². The number of methoxy groups -OCH3 is 1. The van der Waals surface area contributed by atoms with Crippen molar-refractivity contribution in [3.8, 4) is 0 Å². The molecule has 1 aromatic carbocycles. The van der Waals surface area contributed by atoms with E-state index in [-0.39, 0.29) is 25.5 Å². The highest BCUT2D eigenvalue weighted by Crippen LogP contribution is 2.38. The minimum absolute atomic E-state index is 0.107. The van der Waals surface area contributed by atoms with Gasteiger partial charge in [0.1, 0.15) is 25.1 Å². The maximum atomic E-state index is 10.3. The van der Waals surface area contributed by atoms with E-state index in [0.29, 0.717) is 0 Å². The van der Waals surface area contributed by atoms with Gasteiger partial charge in [0.2, 0.25) is 0 Å². The second-order valence-corrected chi connectivity index (χ2v) is 7.66. The lowest BCUT2D eigenvalue weighted by Gasteiger charge is -2.35. The third kappa shape index (κ3) is 4.86. The van der Waals surface area contributed by atoms with E-state index in [4.69, 9.17) is 18.9 Å². The van der Waals surface area contributed by atoms with Crippen LogP contribution in [0.5, 0.6) is 0 Å². The van der Waals surface area contributed by atoms with Crippen LogP contribution in [-0.4, -0.2) is 78.4 Å². The van der Waals surface area contributed by atoms with Crippen LogP contribution in [0, 0.1) is 0 Å². The molecule has 0 aromatic heterocycles. The fourth-order valence-corrected chi connectivity index (χ4v) is 4.09.